The Hall–Kier alpha value is -3.37. The number of barbiturate groups is 1. The second kappa shape index (κ2) is 10.2. The number of urea groups is 1. The molecule has 1 saturated heterocycles. The average molecular weight is 580 g/mol. The molecule has 12 heteroatoms. The molecule has 0 radical (unpaired) electrons. The summed E-state index contributed by atoms with van der Waals surface area (Å²) >= 11 is 18.6. The van der Waals surface area contributed by atoms with Gasteiger partial charge in [0.05, 0.1) is 15.7 Å². The van der Waals surface area contributed by atoms with Gasteiger partial charge in [-0.15, -0.1) is 0 Å². The first-order chi connectivity index (χ1) is 17.4. The van der Waals surface area contributed by atoms with E-state index in [1.54, 1.807) is 32.0 Å². The third-order valence-electron chi connectivity index (χ3n) is 5.35. The smallest absolute Gasteiger partial charge is 0.339 e. The minimum atomic E-state index is -4.24. The topological polar surface area (TPSA) is 110 Å². The number of anilines is 1. The molecule has 1 N–H and O–H groups in total. The van der Waals surface area contributed by atoms with Gasteiger partial charge in [0, 0.05) is 5.02 Å². The fourth-order valence-electron chi connectivity index (χ4n) is 3.38. The quantitative estimate of drug-likeness (QED) is 0.236. The lowest BCUT2D eigenvalue weighted by Gasteiger charge is -2.26. The summed E-state index contributed by atoms with van der Waals surface area (Å²) in [4.78, 5) is 38.7. The van der Waals surface area contributed by atoms with Gasteiger partial charge in [-0.2, -0.15) is 8.42 Å². The van der Waals surface area contributed by atoms with Gasteiger partial charge in [0.2, 0.25) is 0 Å². The Morgan fingerprint density at radius 1 is 0.865 bits per heavy atom. The largest absolute Gasteiger partial charge is 0.376 e. The molecule has 0 atom stereocenters. The molecule has 3 aromatic carbocycles. The third kappa shape index (κ3) is 5.50. The molecule has 1 heterocycles. The van der Waals surface area contributed by atoms with Gasteiger partial charge < -0.3 is 4.18 Å². The number of hydrogen-bond donors (Lipinski definition) is 1. The minimum absolute atomic E-state index is 0.0955. The first-order valence-corrected chi connectivity index (χ1v) is 13.1. The number of nitrogens with zero attached hydrogens (tertiary/aromatic N) is 1. The molecule has 4 rings (SSSR count). The number of aryl methyl sites for hydroxylation is 2. The van der Waals surface area contributed by atoms with Crippen LogP contribution in [0.3, 0.4) is 0 Å². The SMILES string of the molecule is Cc1ccc(S(=O)(=O)Oc2c(Cl)cc(/C=C3\C(=O)NC(=O)N(c4ccc(C)c(Cl)c4)C3=O)cc2Cl)cc1. The van der Waals surface area contributed by atoms with Crippen molar-refractivity contribution in [2.24, 2.45) is 0 Å². The van der Waals surface area contributed by atoms with E-state index in [1.807, 2.05) is 0 Å². The van der Waals surface area contributed by atoms with Crippen LogP contribution in [-0.2, 0) is 19.7 Å². The number of benzene rings is 3. The van der Waals surface area contributed by atoms with Gasteiger partial charge in [0.1, 0.15) is 10.5 Å². The van der Waals surface area contributed by atoms with Gasteiger partial charge in [-0.25, -0.2) is 9.69 Å². The van der Waals surface area contributed by atoms with E-state index in [4.69, 9.17) is 39.0 Å². The predicted octanol–water partition coefficient (Wildman–Crippen LogP) is 5.70. The molecule has 0 bridgehead atoms. The number of carbonyl (C=O) groups is 3. The lowest BCUT2D eigenvalue weighted by atomic mass is 10.1. The number of halogens is 3. The second-order valence-corrected chi connectivity index (χ2v) is 10.8. The maximum absolute atomic E-state index is 13.1. The normalized spacial score (nSPS) is 15.2. The zero-order chi connectivity index (χ0) is 27.1. The van der Waals surface area contributed by atoms with Crippen LogP contribution < -0.4 is 14.4 Å². The van der Waals surface area contributed by atoms with Crippen molar-refractivity contribution in [2.75, 3.05) is 4.90 Å². The van der Waals surface area contributed by atoms with E-state index in [-0.39, 0.29) is 37.5 Å². The number of rotatable bonds is 5. The van der Waals surface area contributed by atoms with Gasteiger partial charge in [-0.3, -0.25) is 14.9 Å². The van der Waals surface area contributed by atoms with Crippen LogP contribution in [0.1, 0.15) is 16.7 Å². The molecule has 0 spiro atoms. The Balaban J connectivity index is 1.67. The number of amides is 4. The predicted molar refractivity (Wildman–Crippen MR) is 141 cm³/mol. The highest BCUT2D eigenvalue weighted by Gasteiger charge is 2.37. The van der Waals surface area contributed by atoms with Crippen molar-refractivity contribution < 1.29 is 27.0 Å². The zero-order valence-corrected chi connectivity index (χ0v) is 22.3. The summed E-state index contributed by atoms with van der Waals surface area (Å²) in [6.45, 7) is 3.56. The van der Waals surface area contributed by atoms with Crippen LogP contribution in [0.25, 0.3) is 6.08 Å². The molecule has 37 heavy (non-hydrogen) atoms. The van der Waals surface area contributed by atoms with Crippen molar-refractivity contribution in [3.8, 4) is 5.75 Å². The molecular weight excluding hydrogens is 563 g/mol. The average Bonchev–Trinajstić information content (AvgIpc) is 2.81. The second-order valence-electron chi connectivity index (χ2n) is 8.06. The Labute approximate surface area is 227 Å². The van der Waals surface area contributed by atoms with Crippen LogP contribution in [0, 0.1) is 13.8 Å². The highest BCUT2D eigenvalue weighted by atomic mass is 35.5. The molecule has 190 valence electrons. The first kappa shape index (κ1) is 26.7. The highest BCUT2D eigenvalue weighted by Crippen LogP contribution is 2.37. The van der Waals surface area contributed by atoms with E-state index in [2.05, 4.69) is 5.32 Å². The van der Waals surface area contributed by atoms with Crippen LogP contribution in [0.2, 0.25) is 15.1 Å². The van der Waals surface area contributed by atoms with Gasteiger partial charge in [-0.1, -0.05) is 58.6 Å². The Morgan fingerprint density at radius 3 is 2.08 bits per heavy atom. The van der Waals surface area contributed by atoms with Crippen molar-refractivity contribution >= 4 is 74.5 Å². The molecule has 0 saturated carbocycles. The van der Waals surface area contributed by atoms with Crippen molar-refractivity contribution in [1.82, 2.24) is 5.32 Å². The van der Waals surface area contributed by atoms with Crippen molar-refractivity contribution in [2.45, 2.75) is 18.7 Å². The van der Waals surface area contributed by atoms with Gasteiger partial charge in [0.15, 0.2) is 5.75 Å². The minimum Gasteiger partial charge on any atom is -0.376 e. The fourth-order valence-corrected chi connectivity index (χ4v) is 5.20. The molecule has 1 fully saturated rings. The standard InChI is InChI=1S/C25H17Cl3N2O6S/c1-13-3-7-17(8-4-13)37(34,35)36-22-20(27)10-15(11-21(22)28)9-18-23(31)29-25(33)30(24(18)32)16-6-5-14(2)19(26)12-16/h3-12H,1-2H3,(H,29,31,33)/b18-9+. The summed E-state index contributed by atoms with van der Waals surface area (Å²) < 4.78 is 30.5. The van der Waals surface area contributed by atoms with Gasteiger partial charge in [-0.05, 0) is 67.4 Å². The van der Waals surface area contributed by atoms with E-state index < -0.39 is 28.0 Å². The van der Waals surface area contributed by atoms with Crippen molar-refractivity contribution in [1.29, 1.82) is 0 Å². The van der Waals surface area contributed by atoms with Crippen LogP contribution >= 0.6 is 34.8 Å². The molecule has 0 aromatic heterocycles. The molecule has 0 aliphatic carbocycles. The van der Waals surface area contributed by atoms with E-state index in [9.17, 15) is 22.8 Å². The fraction of sp³-hybridized carbons (Fsp3) is 0.0800. The monoisotopic (exact) mass is 578 g/mol. The van der Waals surface area contributed by atoms with Gasteiger partial charge in [0.25, 0.3) is 11.8 Å². The molecule has 1 aliphatic heterocycles. The van der Waals surface area contributed by atoms with Crippen LogP contribution in [-0.4, -0.2) is 26.3 Å². The van der Waals surface area contributed by atoms with Gasteiger partial charge >= 0.3 is 16.1 Å². The number of carbonyl (C=O) groups excluding carboxylic acids is 3. The summed E-state index contributed by atoms with van der Waals surface area (Å²) in [7, 11) is -4.24. The Kier molecular flexibility index (Phi) is 7.34. The Morgan fingerprint density at radius 2 is 1.49 bits per heavy atom. The Bertz CT molecular complexity index is 1580. The lowest BCUT2D eigenvalue weighted by molar-refractivity contribution is -0.122. The number of nitrogens with one attached hydrogen (secondary N) is 1. The van der Waals surface area contributed by atoms with Crippen molar-refractivity contribution in [3.63, 3.8) is 0 Å². The van der Waals surface area contributed by atoms with E-state index >= 15 is 0 Å². The molecular formula is C25H17Cl3N2O6S. The molecule has 3 aromatic rings. The van der Waals surface area contributed by atoms with Crippen molar-refractivity contribution in [3.05, 3.63) is 91.9 Å². The van der Waals surface area contributed by atoms with Crippen LogP contribution in [0.15, 0.2) is 65.1 Å². The first-order valence-electron chi connectivity index (χ1n) is 10.5. The van der Waals surface area contributed by atoms with Crippen LogP contribution in [0.5, 0.6) is 5.75 Å². The summed E-state index contributed by atoms with van der Waals surface area (Å²) in [6.07, 6.45) is 1.17. The maximum Gasteiger partial charge on any atom is 0.339 e. The molecule has 0 unspecified atom stereocenters. The molecule has 8 nitrogen and oxygen atoms in total. The number of imide groups is 2. The van der Waals surface area contributed by atoms with E-state index in [1.165, 1.54) is 42.5 Å². The lowest BCUT2D eigenvalue weighted by Crippen LogP contribution is -2.54. The van der Waals surface area contributed by atoms with Crippen LogP contribution in [0.4, 0.5) is 10.5 Å². The summed E-state index contributed by atoms with van der Waals surface area (Å²) in [5.41, 5.74) is 1.56. The van der Waals surface area contributed by atoms with E-state index in [0.29, 0.717) is 5.02 Å². The zero-order valence-electron chi connectivity index (χ0n) is 19.2. The number of hydrogen-bond acceptors (Lipinski definition) is 6. The molecule has 1 aliphatic rings. The highest BCUT2D eigenvalue weighted by molar-refractivity contribution is 7.87. The third-order valence-corrected chi connectivity index (χ3v) is 7.55. The summed E-state index contributed by atoms with van der Waals surface area (Å²) in [6, 6.07) is 12.2. The maximum atomic E-state index is 13.1. The molecule has 4 amide bonds. The van der Waals surface area contributed by atoms with E-state index in [0.717, 1.165) is 16.0 Å². The summed E-state index contributed by atoms with van der Waals surface area (Å²) in [5, 5.41) is 2.06. The summed E-state index contributed by atoms with van der Waals surface area (Å²) in [5.74, 6) is -2.15.